The summed E-state index contributed by atoms with van der Waals surface area (Å²) in [5.41, 5.74) is 0.375. The average molecular weight is 484 g/mol. The van der Waals surface area contributed by atoms with Gasteiger partial charge in [-0.05, 0) is 37.9 Å². The fourth-order valence-electron chi connectivity index (χ4n) is 4.40. The number of likely N-dealkylation sites (tertiary alicyclic amines) is 1. The Bertz CT molecular complexity index is 1070. The van der Waals surface area contributed by atoms with Gasteiger partial charge in [-0.15, -0.1) is 11.3 Å². The van der Waals surface area contributed by atoms with E-state index in [9.17, 15) is 18.1 Å². The minimum absolute atomic E-state index is 0.0541. The molecule has 1 aliphatic carbocycles. The third-order valence-electron chi connectivity index (χ3n) is 5.91. The zero-order valence-electron chi connectivity index (χ0n) is 16.7. The smallest absolute Gasteiger partial charge is 0.266 e. The Balaban J connectivity index is 1.53. The van der Waals surface area contributed by atoms with Gasteiger partial charge < -0.3 is 5.32 Å². The third-order valence-corrected chi connectivity index (χ3v) is 8.39. The fraction of sp³-hybridized carbons (Fsp3) is 0.500. The van der Waals surface area contributed by atoms with E-state index in [1.165, 1.54) is 6.20 Å². The van der Waals surface area contributed by atoms with E-state index < -0.39 is 20.7 Å². The summed E-state index contributed by atoms with van der Waals surface area (Å²) in [6, 6.07) is 4.92. The molecule has 0 bridgehead atoms. The normalized spacial score (nSPS) is 24.6. The molecule has 0 amide bonds. The van der Waals surface area contributed by atoms with E-state index >= 15 is 0 Å². The lowest BCUT2D eigenvalue weighted by atomic mass is 9.89. The van der Waals surface area contributed by atoms with Crippen LogP contribution in [0, 0.1) is 23.1 Å². The van der Waals surface area contributed by atoms with E-state index in [0.29, 0.717) is 5.69 Å². The van der Waals surface area contributed by atoms with Crippen molar-refractivity contribution in [1.29, 1.82) is 5.26 Å². The third kappa shape index (κ3) is 4.95. The van der Waals surface area contributed by atoms with Crippen LogP contribution < -0.4 is 10.0 Å². The first-order chi connectivity index (χ1) is 14.9. The van der Waals surface area contributed by atoms with Crippen molar-refractivity contribution in [3.8, 4) is 6.07 Å². The number of hydrogen-bond acceptors (Lipinski definition) is 7. The van der Waals surface area contributed by atoms with Crippen LogP contribution >= 0.6 is 22.9 Å². The number of hydrogen-bond donors (Lipinski definition) is 2. The van der Waals surface area contributed by atoms with E-state index in [-0.39, 0.29) is 28.2 Å². The number of anilines is 2. The summed E-state index contributed by atoms with van der Waals surface area (Å²) in [5, 5.41) is 14.5. The molecular weight excluding hydrogens is 461 g/mol. The van der Waals surface area contributed by atoms with E-state index in [1.54, 1.807) is 5.38 Å². The van der Waals surface area contributed by atoms with Crippen molar-refractivity contribution >= 4 is 43.8 Å². The van der Waals surface area contributed by atoms with Crippen molar-refractivity contribution in [2.45, 2.75) is 49.1 Å². The van der Waals surface area contributed by atoms with E-state index in [4.69, 9.17) is 11.6 Å². The van der Waals surface area contributed by atoms with E-state index in [2.05, 4.69) is 26.0 Å². The summed E-state index contributed by atoms with van der Waals surface area (Å²) < 4.78 is 42.2. The number of thiazole rings is 1. The molecule has 2 aromatic rings. The molecule has 0 unspecified atom stereocenters. The van der Waals surface area contributed by atoms with Gasteiger partial charge in [0.15, 0.2) is 5.13 Å². The molecule has 1 saturated heterocycles. The number of nitrogens with zero attached hydrogens (tertiary/aromatic N) is 3. The topological polar surface area (TPSA) is 98.1 Å². The summed E-state index contributed by atoms with van der Waals surface area (Å²) in [6.07, 6.45) is 6.39. The summed E-state index contributed by atoms with van der Waals surface area (Å²) in [6.45, 7) is 1.63. The first kappa shape index (κ1) is 22.3. The predicted octanol–water partition coefficient (Wildman–Crippen LogP) is 4.30. The number of halogens is 2. The van der Waals surface area contributed by atoms with Gasteiger partial charge in [0.1, 0.15) is 10.7 Å². The summed E-state index contributed by atoms with van der Waals surface area (Å²) in [4.78, 5) is 5.69. The van der Waals surface area contributed by atoms with Gasteiger partial charge >= 0.3 is 0 Å². The largest absolute Gasteiger partial charge is 0.379 e. The number of rotatable bonds is 6. The SMILES string of the molecule is N#C[C@H]1CCN([C@H]2CCCC[C@@H]2Nc2cc(F)c(S(=O)(=O)Nc3nccs3)cc2Cl)C1. The second-order valence-electron chi connectivity index (χ2n) is 7.92. The van der Waals surface area contributed by atoms with Gasteiger partial charge in [-0.3, -0.25) is 9.62 Å². The molecule has 2 heterocycles. The van der Waals surface area contributed by atoms with Crippen LogP contribution in [-0.2, 0) is 10.0 Å². The van der Waals surface area contributed by atoms with Crippen molar-refractivity contribution in [2.75, 3.05) is 23.1 Å². The first-order valence-corrected chi connectivity index (χ1v) is 12.9. The van der Waals surface area contributed by atoms with E-state index in [1.807, 2.05) is 0 Å². The average Bonchev–Trinajstić information content (AvgIpc) is 3.42. The van der Waals surface area contributed by atoms with Crippen LogP contribution in [0.3, 0.4) is 0 Å². The Morgan fingerprint density at radius 2 is 2.10 bits per heavy atom. The second kappa shape index (κ2) is 9.28. The Labute approximate surface area is 190 Å². The van der Waals surface area contributed by atoms with Gasteiger partial charge in [0.2, 0.25) is 0 Å². The Kier molecular flexibility index (Phi) is 6.67. The van der Waals surface area contributed by atoms with Gasteiger partial charge in [-0.1, -0.05) is 24.4 Å². The molecule has 2 aliphatic rings. The van der Waals surface area contributed by atoms with Crippen LogP contribution in [0.1, 0.15) is 32.1 Å². The summed E-state index contributed by atoms with van der Waals surface area (Å²) in [5.74, 6) is -0.826. The highest BCUT2D eigenvalue weighted by molar-refractivity contribution is 7.93. The standard InChI is InChI=1S/C20H23ClFN5O2S2/c21-14-9-19(31(28,29)26-20-24-6-8-30-20)15(22)10-17(14)25-16-3-1-2-4-18(16)27-7-5-13(11-23)12-27/h6,8-10,13,16,18,25H,1-5,7,12H2,(H,24,26)/t13-,16+,18+/m1/s1. The van der Waals surface area contributed by atoms with Gasteiger partial charge in [-0.2, -0.15) is 5.26 Å². The van der Waals surface area contributed by atoms with Gasteiger partial charge in [0.05, 0.1) is 22.7 Å². The Morgan fingerprint density at radius 3 is 2.81 bits per heavy atom. The number of sulfonamides is 1. The maximum absolute atomic E-state index is 14.8. The minimum Gasteiger partial charge on any atom is -0.379 e. The van der Waals surface area contributed by atoms with Gasteiger partial charge in [-0.25, -0.2) is 17.8 Å². The van der Waals surface area contributed by atoms with Crippen molar-refractivity contribution in [3.05, 3.63) is 34.5 Å². The van der Waals surface area contributed by atoms with Gasteiger partial charge in [0.25, 0.3) is 10.0 Å². The van der Waals surface area contributed by atoms with Crippen LogP contribution in [0.25, 0.3) is 0 Å². The quantitative estimate of drug-likeness (QED) is 0.635. The monoisotopic (exact) mass is 483 g/mol. The molecule has 0 spiro atoms. The Morgan fingerprint density at radius 1 is 1.29 bits per heavy atom. The maximum atomic E-state index is 14.8. The van der Waals surface area contributed by atoms with E-state index in [0.717, 1.165) is 68.7 Å². The molecule has 1 saturated carbocycles. The number of benzene rings is 1. The molecule has 1 aliphatic heterocycles. The lowest BCUT2D eigenvalue weighted by molar-refractivity contribution is 0.174. The minimum atomic E-state index is -4.15. The highest BCUT2D eigenvalue weighted by atomic mass is 35.5. The molecule has 2 fully saturated rings. The van der Waals surface area contributed by atoms with Crippen LogP contribution in [-0.4, -0.2) is 43.5 Å². The number of nitriles is 1. The van der Waals surface area contributed by atoms with Crippen LogP contribution in [0.5, 0.6) is 0 Å². The zero-order chi connectivity index (χ0) is 22.0. The highest BCUT2D eigenvalue weighted by Gasteiger charge is 2.35. The molecule has 3 atom stereocenters. The van der Waals surface area contributed by atoms with Crippen LogP contribution in [0.15, 0.2) is 28.6 Å². The number of nitrogens with one attached hydrogen (secondary N) is 2. The summed E-state index contributed by atoms with van der Waals surface area (Å²) >= 11 is 7.47. The van der Waals surface area contributed by atoms with Crippen molar-refractivity contribution in [3.63, 3.8) is 0 Å². The van der Waals surface area contributed by atoms with Crippen molar-refractivity contribution in [1.82, 2.24) is 9.88 Å². The maximum Gasteiger partial charge on any atom is 0.266 e. The van der Waals surface area contributed by atoms with Crippen LogP contribution in [0.2, 0.25) is 5.02 Å². The predicted molar refractivity (Wildman–Crippen MR) is 119 cm³/mol. The fourth-order valence-corrected chi connectivity index (χ4v) is 6.56. The molecule has 1 aromatic heterocycles. The molecule has 11 heteroatoms. The zero-order valence-corrected chi connectivity index (χ0v) is 19.1. The molecular formula is C20H23ClFN5O2S2. The summed E-state index contributed by atoms with van der Waals surface area (Å²) in [7, 11) is -4.15. The number of aromatic nitrogens is 1. The molecule has 166 valence electrons. The molecule has 4 rings (SSSR count). The molecule has 0 radical (unpaired) electrons. The first-order valence-electron chi connectivity index (χ1n) is 10.2. The molecule has 1 aromatic carbocycles. The van der Waals surface area contributed by atoms with Gasteiger partial charge in [0, 0.05) is 30.2 Å². The molecule has 31 heavy (non-hydrogen) atoms. The highest BCUT2D eigenvalue weighted by Crippen LogP contribution is 2.34. The van der Waals surface area contributed by atoms with Crippen LogP contribution in [0.4, 0.5) is 15.2 Å². The second-order valence-corrected chi connectivity index (χ2v) is 10.9. The lowest BCUT2D eigenvalue weighted by Crippen LogP contribution is -2.48. The molecule has 7 nitrogen and oxygen atoms in total. The lowest BCUT2D eigenvalue weighted by Gasteiger charge is -2.39. The van der Waals surface area contributed by atoms with Crippen molar-refractivity contribution < 1.29 is 12.8 Å². The molecule has 2 N–H and O–H groups in total. The Hall–Kier alpha value is -1.93. The van der Waals surface area contributed by atoms with Crippen molar-refractivity contribution in [2.24, 2.45) is 5.92 Å².